The Morgan fingerprint density at radius 3 is 2.67 bits per heavy atom. The Morgan fingerprint density at radius 2 is 2.04 bits per heavy atom. The maximum absolute atomic E-state index is 11.6. The summed E-state index contributed by atoms with van der Waals surface area (Å²) in [6.45, 7) is 4.17. The molecule has 132 valence electrons. The van der Waals surface area contributed by atoms with Gasteiger partial charge in [-0.2, -0.15) is 0 Å². The van der Waals surface area contributed by atoms with E-state index >= 15 is 0 Å². The molecule has 0 spiro atoms. The van der Waals surface area contributed by atoms with E-state index in [0.717, 1.165) is 24.8 Å². The number of carbonyl (C=O) groups excluding carboxylic acids is 1. The van der Waals surface area contributed by atoms with Crippen LogP contribution in [0.1, 0.15) is 38.7 Å². The molecule has 0 saturated heterocycles. The van der Waals surface area contributed by atoms with Gasteiger partial charge < -0.3 is 19.9 Å². The predicted molar refractivity (Wildman–Crippen MR) is 92.3 cm³/mol. The van der Waals surface area contributed by atoms with Gasteiger partial charge in [-0.25, -0.2) is 0 Å². The molecule has 0 heterocycles. The quantitative estimate of drug-likeness (QED) is 0.507. The maximum Gasteiger partial charge on any atom is 0.325 e. The number of aliphatic carboxylic acids is 1. The molecule has 6 nitrogen and oxygen atoms in total. The molecule has 2 N–H and O–H groups in total. The van der Waals surface area contributed by atoms with Crippen molar-refractivity contribution in [3.05, 3.63) is 29.8 Å². The number of carbonyl (C=O) groups is 2. The van der Waals surface area contributed by atoms with Crippen molar-refractivity contribution in [3.8, 4) is 11.5 Å². The minimum absolute atomic E-state index is 0.469. The lowest BCUT2D eigenvalue weighted by molar-refractivity contribution is -0.140. The normalized spacial score (nSPS) is 12.0. The lowest BCUT2D eigenvalue weighted by atomic mass is 10.2. The number of methoxy groups -OCH3 is 1. The molecule has 0 aliphatic heterocycles. The Bertz CT molecular complexity index is 583. The van der Waals surface area contributed by atoms with Crippen LogP contribution < -0.4 is 14.8 Å². The molecule has 0 unspecified atom stereocenters. The number of nitrogens with one attached hydrogen (secondary N) is 1. The molecule has 0 aliphatic carbocycles. The zero-order chi connectivity index (χ0) is 17.9. The largest absolute Gasteiger partial charge is 0.493 e. The van der Waals surface area contributed by atoms with Crippen LogP contribution in [0.3, 0.4) is 0 Å². The van der Waals surface area contributed by atoms with Crippen molar-refractivity contribution >= 4 is 18.0 Å². The van der Waals surface area contributed by atoms with Crippen molar-refractivity contribution in [2.24, 2.45) is 0 Å². The second-order valence-electron chi connectivity index (χ2n) is 5.37. The summed E-state index contributed by atoms with van der Waals surface area (Å²) in [5.74, 6) is -0.297. The van der Waals surface area contributed by atoms with Gasteiger partial charge >= 0.3 is 5.97 Å². The van der Waals surface area contributed by atoms with E-state index in [0.29, 0.717) is 18.1 Å². The summed E-state index contributed by atoms with van der Waals surface area (Å²) in [4.78, 5) is 22.3. The molecular weight excluding hydrogens is 310 g/mol. The van der Waals surface area contributed by atoms with E-state index in [4.69, 9.17) is 14.6 Å². The highest BCUT2D eigenvalue weighted by molar-refractivity contribution is 5.94. The molecular formula is C18H25NO5. The predicted octanol–water partition coefficient (Wildman–Crippen LogP) is 2.87. The SMILES string of the molecule is CCCCCOc1ccc(/C=C/C(=O)N[C@@H](C)C(=O)O)cc1OC. The topological polar surface area (TPSA) is 84.9 Å². The molecule has 1 aromatic rings. The van der Waals surface area contributed by atoms with Crippen LogP contribution in [0, 0.1) is 0 Å². The monoisotopic (exact) mass is 335 g/mol. The van der Waals surface area contributed by atoms with Crippen LogP contribution in [0.4, 0.5) is 0 Å². The average molecular weight is 335 g/mol. The number of ether oxygens (including phenoxy) is 2. The van der Waals surface area contributed by atoms with Crippen molar-refractivity contribution in [1.29, 1.82) is 0 Å². The zero-order valence-corrected chi connectivity index (χ0v) is 14.4. The van der Waals surface area contributed by atoms with Crippen molar-refractivity contribution < 1.29 is 24.2 Å². The lowest BCUT2D eigenvalue weighted by Crippen LogP contribution is -2.37. The van der Waals surface area contributed by atoms with Crippen LogP contribution in [-0.4, -0.2) is 36.7 Å². The van der Waals surface area contributed by atoms with E-state index in [-0.39, 0.29) is 0 Å². The highest BCUT2D eigenvalue weighted by atomic mass is 16.5. The average Bonchev–Trinajstić information content (AvgIpc) is 2.57. The van der Waals surface area contributed by atoms with E-state index in [2.05, 4.69) is 12.2 Å². The van der Waals surface area contributed by atoms with E-state index in [1.54, 1.807) is 25.3 Å². The molecule has 1 rings (SSSR count). The van der Waals surface area contributed by atoms with Gasteiger partial charge in [0, 0.05) is 6.08 Å². The molecule has 1 aromatic carbocycles. The number of rotatable bonds is 10. The van der Waals surface area contributed by atoms with Crippen LogP contribution in [0.5, 0.6) is 11.5 Å². The Hall–Kier alpha value is -2.50. The fraction of sp³-hybridized carbons (Fsp3) is 0.444. The van der Waals surface area contributed by atoms with Crippen LogP contribution in [0.2, 0.25) is 0 Å². The van der Waals surface area contributed by atoms with Gasteiger partial charge in [-0.1, -0.05) is 25.8 Å². The summed E-state index contributed by atoms with van der Waals surface area (Å²) in [6, 6.07) is 4.43. The third-order valence-electron chi connectivity index (χ3n) is 3.35. The Morgan fingerprint density at radius 1 is 1.29 bits per heavy atom. The lowest BCUT2D eigenvalue weighted by Gasteiger charge is -2.11. The second kappa shape index (κ2) is 10.3. The number of amides is 1. The molecule has 24 heavy (non-hydrogen) atoms. The zero-order valence-electron chi connectivity index (χ0n) is 14.4. The Balaban J connectivity index is 2.67. The number of unbranched alkanes of at least 4 members (excludes halogenated alkanes) is 2. The first kappa shape index (κ1) is 19.5. The summed E-state index contributed by atoms with van der Waals surface area (Å²) in [6.07, 6.45) is 6.12. The van der Waals surface area contributed by atoms with E-state index in [1.165, 1.54) is 13.0 Å². The highest BCUT2D eigenvalue weighted by Crippen LogP contribution is 2.28. The maximum atomic E-state index is 11.6. The summed E-state index contributed by atoms with van der Waals surface area (Å²) in [5.41, 5.74) is 0.755. The van der Waals surface area contributed by atoms with Gasteiger partial charge in [0.15, 0.2) is 11.5 Å². The molecule has 1 atom stereocenters. The standard InChI is InChI=1S/C18H25NO5/c1-4-5-6-11-24-15-9-7-14(12-16(15)23-3)8-10-17(20)19-13(2)18(21)22/h7-10,12-13H,4-6,11H2,1-3H3,(H,19,20)(H,21,22)/b10-8+/t13-/m0/s1. The number of carboxylic acid groups (broad SMARTS) is 1. The van der Waals surface area contributed by atoms with Gasteiger partial charge in [-0.15, -0.1) is 0 Å². The van der Waals surface area contributed by atoms with Crippen LogP contribution in [-0.2, 0) is 9.59 Å². The fourth-order valence-electron chi connectivity index (χ4n) is 1.94. The van der Waals surface area contributed by atoms with Gasteiger partial charge in [0.05, 0.1) is 13.7 Å². The van der Waals surface area contributed by atoms with Crippen LogP contribution in [0.25, 0.3) is 6.08 Å². The highest BCUT2D eigenvalue weighted by Gasteiger charge is 2.11. The molecule has 0 saturated carbocycles. The van der Waals surface area contributed by atoms with E-state index < -0.39 is 17.9 Å². The first-order valence-corrected chi connectivity index (χ1v) is 8.00. The third kappa shape index (κ3) is 6.73. The number of carboxylic acids is 1. The first-order valence-electron chi connectivity index (χ1n) is 8.00. The van der Waals surface area contributed by atoms with Gasteiger partial charge in [0.2, 0.25) is 5.91 Å². The van der Waals surface area contributed by atoms with Gasteiger partial charge in [0.1, 0.15) is 6.04 Å². The Kier molecular flexibility index (Phi) is 8.39. The minimum atomic E-state index is -1.08. The van der Waals surface area contributed by atoms with Crippen molar-refractivity contribution in [2.45, 2.75) is 39.2 Å². The molecule has 0 aliphatic rings. The van der Waals surface area contributed by atoms with Crippen molar-refractivity contribution in [2.75, 3.05) is 13.7 Å². The van der Waals surface area contributed by atoms with Crippen molar-refractivity contribution in [1.82, 2.24) is 5.32 Å². The third-order valence-corrected chi connectivity index (χ3v) is 3.35. The molecule has 6 heteroatoms. The number of hydrogen-bond acceptors (Lipinski definition) is 4. The summed E-state index contributed by atoms with van der Waals surface area (Å²) < 4.78 is 11.0. The van der Waals surface area contributed by atoms with Crippen LogP contribution >= 0.6 is 0 Å². The van der Waals surface area contributed by atoms with Gasteiger partial charge in [-0.05, 0) is 37.1 Å². The Labute approximate surface area is 142 Å². The molecule has 1 amide bonds. The molecule has 0 fully saturated rings. The minimum Gasteiger partial charge on any atom is -0.493 e. The molecule has 0 radical (unpaired) electrons. The summed E-state index contributed by atoms with van der Waals surface area (Å²) in [7, 11) is 1.56. The van der Waals surface area contributed by atoms with E-state index in [1.807, 2.05) is 6.07 Å². The number of hydrogen-bond donors (Lipinski definition) is 2. The van der Waals surface area contributed by atoms with Gasteiger partial charge in [-0.3, -0.25) is 9.59 Å². The molecule has 0 bridgehead atoms. The smallest absolute Gasteiger partial charge is 0.325 e. The van der Waals surface area contributed by atoms with E-state index in [9.17, 15) is 9.59 Å². The summed E-state index contributed by atoms with van der Waals surface area (Å²) in [5, 5.41) is 11.1. The van der Waals surface area contributed by atoms with Crippen molar-refractivity contribution in [3.63, 3.8) is 0 Å². The second-order valence-corrected chi connectivity index (χ2v) is 5.37. The van der Waals surface area contributed by atoms with Gasteiger partial charge in [0.25, 0.3) is 0 Å². The number of benzene rings is 1. The fourth-order valence-corrected chi connectivity index (χ4v) is 1.94. The first-order chi connectivity index (χ1) is 11.5. The molecule has 0 aromatic heterocycles. The summed E-state index contributed by atoms with van der Waals surface area (Å²) >= 11 is 0. The van der Waals surface area contributed by atoms with Crippen LogP contribution in [0.15, 0.2) is 24.3 Å².